The van der Waals surface area contributed by atoms with Crippen molar-refractivity contribution in [2.24, 2.45) is 5.73 Å². The summed E-state index contributed by atoms with van der Waals surface area (Å²) in [6.45, 7) is 5.69. The van der Waals surface area contributed by atoms with Crippen LogP contribution in [0.25, 0.3) is 11.3 Å². The van der Waals surface area contributed by atoms with Gasteiger partial charge in [-0.3, -0.25) is 9.78 Å². The van der Waals surface area contributed by atoms with E-state index in [0.29, 0.717) is 5.56 Å². The topological polar surface area (TPSA) is 59.2 Å². The number of nitrogens with zero attached hydrogens (tertiary/aromatic N) is 2. The van der Waals surface area contributed by atoms with Crippen LogP contribution in [0.4, 0.5) is 5.69 Å². The largest absolute Gasteiger partial charge is 0.370 e. The molecule has 0 aliphatic carbocycles. The second kappa shape index (κ2) is 6.19. The SMILES string of the molecule is CCN(CC)c1c(C(N)=O)ccnc1-c1ccccc1. The zero-order valence-corrected chi connectivity index (χ0v) is 11.8. The molecule has 0 spiro atoms. The van der Waals surface area contributed by atoms with Gasteiger partial charge in [0, 0.05) is 24.8 Å². The molecule has 1 aromatic carbocycles. The quantitative estimate of drug-likeness (QED) is 0.907. The van der Waals surface area contributed by atoms with Crippen molar-refractivity contribution in [3.8, 4) is 11.3 Å². The third-order valence-corrected chi connectivity index (χ3v) is 3.32. The van der Waals surface area contributed by atoms with Crippen LogP contribution in [0.5, 0.6) is 0 Å². The predicted octanol–water partition coefficient (Wildman–Crippen LogP) is 2.69. The number of hydrogen-bond donors (Lipinski definition) is 1. The van der Waals surface area contributed by atoms with E-state index in [-0.39, 0.29) is 0 Å². The zero-order valence-electron chi connectivity index (χ0n) is 11.8. The molecule has 0 atom stereocenters. The van der Waals surface area contributed by atoms with Crippen LogP contribution < -0.4 is 10.6 Å². The highest BCUT2D eigenvalue weighted by Crippen LogP contribution is 2.31. The molecule has 0 aliphatic heterocycles. The van der Waals surface area contributed by atoms with E-state index in [2.05, 4.69) is 23.7 Å². The molecule has 1 heterocycles. The van der Waals surface area contributed by atoms with Gasteiger partial charge in [0.15, 0.2) is 0 Å². The highest BCUT2D eigenvalue weighted by Gasteiger charge is 2.19. The van der Waals surface area contributed by atoms with Crippen molar-refractivity contribution < 1.29 is 4.79 Å². The van der Waals surface area contributed by atoms with Gasteiger partial charge in [-0.2, -0.15) is 0 Å². The van der Waals surface area contributed by atoms with Crippen LogP contribution in [0.3, 0.4) is 0 Å². The molecule has 0 radical (unpaired) electrons. The van der Waals surface area contributed by atoms with Crippen LogP contribution >= 0.6 is 0 Å². The maximum absolute atomic E-state index is 11.7. The van der Waals surface area contributed by atoms with E-state index in [1.807, 2.05) is 30.3 Å². The van der Waals surface area contributed by atoms with E-state index < -0.39 is 5.91 Å². The van der Waals surface area contributed by atoms with Gasteiger partial charge in [0.05, 0.1) is 16.9 Å². The van der Waals surface area contributed by atoms with Gasteiger partial charge in [0.2, 0.25) is 0 Å². The van der Waals surface area contributed by atoms with Crippen LogP contribution in [-0.4, -0.2) is 24.0 Å². The number of aromatic nitrogens is 1. The first-order valence-corrected chi connectivity index (χ1v) is 6.78. The lowest BCUT2D eigenvalue weighted by molar-refractivity contribution is 0.100. The third-order valence-electron chi connectivity index (χ3n) is 3.32. The summed E-state index contributed by atoms with van der Waals surface area (Å²) in [6.07, 6.45) is 1.63. The second-order valence-electron chi connectivity index (χ2n) is 4.46. The molecule has 0 unspecified atom stereocenters. The Bertz CT molecular complexity index is 592. The van der Waals surface area contributed by atoms with Gasteiger partial charge in [0.25, 0.3) is 5.91 Å². The van der Waals surface area contributed by atoms with E-state index in [4.69, 9.17) is 5.73 Å². The fraction of sp³-hybridized carbons (Fsp3) is 0.250. The van der Waals surface area contributed by atoms with Gasteiger partial charge >= 0.3 is 0 Å². The molecule has 0 saturated carbocycles. The number of hydrogen-bond acceptors (Lipinski definition) is 3. The van der Waals surface area contributed by atoms with E-state index >= 15 is 0 Å². The smallest absolute Gasteiger partial charge is 0.250 e. The fourth-order valence-electron chi connectivity index (χ4n) is 2.32. The maximum atomic E-state index is 11.7. The first-order valence-electron chi connectivity index (χ1n) is 6.78. The van der Waals surface area contributed by atoms with E-state index in [1.54, 1.807) is 12.3 Å². The molecule has 4 nitrogen and oxygen atoms in total. The number of primary amides is 1. The Kier molecular flexibility index (Phi) is 4.35. The summed E-state index contributed by atoms with van der Waals surface area (Å²) in [7, 11) is 0. The zero-order chi connectivity index (χ0) is 14.5. The van der Waals surface area contributed by atoms with Crippen molar-refractivity contribution in [1.29, 1.82) is 0 Å². The number of carbonyl (C=O) groups is 1. The Hall–Kier alpha value is -2.36. The first kappa shape index (κ1) is 14.1. The first-order chi connectivity index (χ1) is 9.69. The molecule has 2 aromatic rings. The van der Waals surface area contributed by atoms with E-state index in [1.165, 1.54) is 0 Å². The molecule has 4 heteroatoms. The predicted molar refractivity (Wildman–Crippen MR) is 81.8 cm³/mol. The fourth-order valence-corrected chi connectivity index (χ4v) is 2.32. The van der Waals surface area contributed by atoms with E-state index in [0.717, 1.165) is 30.0 Å². The van der Waals surface area contributed by atoms with Crippen molar-refractivity contribution in [1.82, 2.24) is 4.98 Å². The molecule has 0 aliphatic rings. The lowest BCUT2D eigenvalue weighted by Crippen LogP contribution is -2.27. The molecule has 1 amide bonds. The third kappa shape index (κ3) is 2.64. The minimum atomic E-state index is -0.425. The van der Waals surface area contributed by atoms with Gasteiger partial charge in [-0.05, 0) is 19.9 Å². The standard InChI is InChI=1S/C16H19N3O/c1-3-19(4-2)15-13(16(17)20)10-11-18-14(15)12-8-6-5-7-9-12/h5-11H,3-4H2,1-2H3,(H2,17,20). The Morgan fingerprint density at radius 2 is 1.80 bits per heavy atom. The number of rotatable bonds is 5. The van der Waals surface area contributed by atoms with Crippen LogP contribution in [0.15, 0.2) is 42.6 Å². The minimum Gasteiger partial charge on any atom is -0.370 e. The van der Waals surface area contributed by atoms with Crippen LogP contribution in [-0.2, 0) is 0 Å². The maximum Gasteiger partial charge on any atom is 0.250 e. The summed E-state index contributed by atoms with van der Waals surface area (Å²) in [6, 6.07) is 11.5. The van der Waals surface area contributed by atoms with Crippen molar-refractivity contribution in [3.63, 3.8) is 0 Å². The van der Waals surface area contributed by atoms with Gasteiger partial charge in [-0.15, -0.1) is 0 Å². The van der Waals surface area contributed by atoms with Crippen LogP contribution in [0.1, 0.15) is 24.2 Å². The molecule has 104 valence electrons. The number of anilines is 1. The lowest BCUT2D eigenvalue weighted by Gasteiger charge is -2.25. The molecule has 20 heavy (non-hydrogen) atoms. The second-order valence-corrected chi connectivity index (χ2v) is 4.46. The van der Waals surface area contributed by atoms with Crippen molar-refractivity contribution in [2.75, 3.05) is 18.0 Å². The number of pyridine rings is 1. The highest BCUT2D eigenvalue weighted by molar-refractivity contribution is 6.01. The molecule has 0 fully saturated rings. The summed E-state index contributed by atoms with van der Waals surface area (Å²) in [5, 5.41) is 0. The summed E-state index contributed by atoms with van der Waals surface area (Å²) in [4.78, 5) is 18.3. The highest BCUT2D eigenvalue weighted by atomic mass is 16.1. The average molecular weight is 269 g/mol. The number of benzene rings is 1. The van der Waals surface area contributed by atoms with Crippen molar-refractivity contribution in [3.05, 3.63) is 48.2 Å². The monoisotopic (exact) mass is 269 g/mol. The van der Waals surface area contributed by atoms with Gasteiger partial charge in [-0.1, -0.05) is 30.3 Å². The molecular weight excluding hydrogens is 250 g/mol. The van der Waals surface area contributed by atoms with E-state index in [9.17, 15) is 4.79 Å². The summed E-state index contributed by atoms with van der Waals surface area (Å²) < 4.78 is 0. The Morgan fingerprint density at radius 3 is 2.35 bits per heavy atom. The Labute approximate surface area is 119 Å². The Balaban J connectivity index is 2.68. The normalized spacial score (nSPS) is 10.3. The number of nitrogens with two attached hydrogens (primary N) is 1. The molecule has 0 bridgehead atoms. The lowest BCUT2D eigenvalue weighted by atomic mass is 10.0. The average Bonchev–Trinajstić information content (AvgIpc) is 2.49. The van der Waals surface area contributed by atoms with Crippen LogP contribution in [0.2, 0.25) is 0 Å². The molecular formula is C16H19N3O. The van der Waals surface area contributed by atoms with Crippen molar-refractivity contribution >= 4 is 11.6 Å². The summed E-state index contributed by atoms with van der Waals surface area (Å²) in [5.41, 5.74) is 8.63. The molecule has 2 rings (SSSR count). The summed E-state index contributed by atoms with van der Waals surface area (Å²) in [5.74, 6) is -0.425. The van der Waals surface area contributed by atoms with Gasteiger partial charge < -0.3 is 10.6 Å². The Morgan fingerprint density at radius 1 is 1.15 bits per heavy atom. The molecule has 0 saturated heterocycles. The summed E-state index contributed by atoms with van der Waals surface area (Å²) >= 11 is 0. The van der Waals surface area contributed by atoms with Gasteiger partial charge in [0.1, 0.15) is 0 Å². The number of amides is 1. The van der Waals surface area contributed by atoms with Crippen molar-refractivity contribution in [2.45, 2.75) is 13.8 Å². The number of carbonyl (C=O) groups excluding carboxylic acids is 1. The molecule has 2 N–H and O–H groups in total. The minimum absolute atomic E-state index is 0.425. The van der Waals surface area contributed by atoms with Gasteiger partial charge in [-0.25, -0.2) is 0 Å². The van der Waals surface area contributed by atoms with Crippen LogP contribution in [0, 0.1) is 0 Å². The molecule has 1 aromatic heterocycles.